The molecule has 0 fully saturated rings. The molecular weight excluding hydrogens is 397 g/mol. The van der Waals surface area contributed by atoms with Crippen LogP contribution in [0.15, 0.2) is 84.0 Å². The first-order valence-corrected chi connectivity index (χ1v) is 10.1. The van der Waals surface area contributed by atoms with Crippen LogP contribution in [0.5, 0.6) is 0 Å². The molecule has 0 aliphatic carbocycles. The Morgan fingerprint density at radius 2 is 1.37 bits per heavy atom. The molecule has 0 spiro atoms. The predicted molar refractivity (Wildman–Crippen MR) is 113 cm³/mol. The second-order valence-corrected chi connectivity index (χ2v) is 7.71. The smallest absolute Gasteiger partial charge is 0.196 e. The summed E-state index contributed by atoms with van der Waals surface area (Å²) in [5.74, 6) is 1.58. The van der Waals surface area contributed by atoms with Gasteiger partial charge in [-0.3, -0.25) is 4.57 Å². The molecule has 0 unspecified atom stereocenters. The monoisotopic (exact) mass is 411 g/mol. The van der Waals surface area contributed by atoms with E-state index in [4.69, 9.17) is 23.2 Å². The molecule has 3 aromatic carbocycles. The summed E-state index contributed by atoms with van der Waals surface area (Å²) >= 11 is 13.8. The second-order valence-electron chi connectivity index (χ2n) is 5.90. The van der Waals surface area contributed by atoms with Crippen LogP contribution in [0.25, 0.3) is 17.1 Å². The zero-order chi connectivity index (χ0) is 18.6. The summed E-state index contributed by atoms with van der Waals surface area (Å²) in [6.07, 6.45) is 0. The van der Waals surface area contributed by atoms with Crippen LogP contribution in [0.4, 0.5) is 0 Å². The highest BCUT2D eigenvalue weighted by molar-refractivity contribution is 7.98. The highest BCUT2D eigenvalue weighted by Gasteiger charge is 2.16. The molecule has 0 atom stereocenters. The average molecular weight is 412 g/mol. The molecule has 0 saturated heterocycles. The number of hydrogen-bond donors (Lipinski definition) is 0. The van der Waals surface area contributed by atoms with Gasteiger partial charge in [-0.15, -0.1) is 10.2 Å². The minimum absolute atomic E-state index is 0.690. The molecule has 0 aliphatic rings. The molecule has 0 bridgehead atoms. The molecule has 0 amide bonds. The fraction of sp³-hybridized carbons (Fsp3) is 0.0476. The third-order valence-corrected chi connectivity index (χ3v) is 5.54. The van der Waals surface area contributed by atoms with E-state index in [9.17, 15) is 0 Å². The summed E-state index contributed by atoms with van der Waals surface area (Å²) in [4.78, 5) is 0. The molecule has 4 aromatic rings. The van der Waals surface area contributed by atoms with Gasteiger partial charge in [-0.25, -0.2) is 0 Å². The number of rotatable bonds is 5. The van der Waals surface area contributed by atoms with E-state index in [1.807, 2.05) is 71.3 Å². The van der Waals surface area contributed by atoms with Gasteiger partial charge in [0.1, 0.15) is 0 Å². The largest absolute Gasteiger partial charge is 0.270 e. The molecule has 1 aromatic heterocycles. The maximum atomic E-state index is 6.07. The summed E-state index contributed by atoms with van der Waals surface area (Å²) in [5.41, 5.74) is 3.15. The van der Waals surface area contributed by atoms with Crippen molar-refractivity contribution in [2.75, 3.05) is 0 Å². The Kier molecular flexibility index (Phi) is 5.48. The molecule has 134 valence electrons. The zero-order valence-corrected chi connectivity index (χ0v) is 16.5. The Bertz CT molecular complexity index is 1030. The van der Waals surface area contributed by atoms with Crippen LogP contribution in [0, 0.1) is 0 Å². The summed E-state index contributed by atoms with van der Waals surface area (Å²) in [5, 5.41) is 11.1. The van der Waals surface area contributed by atoms with E-state index in [2.05, 4.69) is 22.3 Å². The molecule has 6 heteroatoms. The SMILES string of the molecule is Clc1ccc(-c2nnc(SCc3ccccc3)n2-c2ccc(Cl)cc2)cc1. The van der Waals surface area contributed by atoms with E-state index in [1.54, 1.807) is 11.8 Å². The van der Waals surface area contributed by atoms with Crippen molar-refractivity contribution in [2.24, 2.45) is 0 Å². The highest BCUT2D eigenvalue weighted by atomic mass is 35.5. The fourth-order valence-electron chi connectivity index (χ4n) is 2.69. The number of hydrogen-bond acceptors (Lipinski definition) is 3. The third-order valence-electron chi connectivity index (χ3n) is 4.03. The van der Waals surface area contributed by atoms with Crippen LogP contribution in [-0.2, 0) is 5.75 Å². The van der Waals surface area contributed by atoms with E-state index >= 15 is 0 Å². The maximum Gasteiger partial charge on any atom is 0.196 e. The van der Waals surface area contributed by atoms with Crippen molar-refractivity contribution in [3.05, 3.63) is 94.5 Å². The highest BCUT2D eigenvalue weighted by Crippen LogP contribution is 2.30. The van der Waals surface area contributed by atoms with Gasteiger partial charge >= 0.3 is 0 Å². The summed E-state index contributed by atoms with van der Waals surface area (Å²) < 4.78 is 2.05. The lowest BCUT2D eigenvalue weighted by molar-refractivity contribution is 0.886. The van der Waals surface area contributed by atoms with Crippen molar-refractivity contribution in [2.45, 2.75) is 10.9 Å². The molecule has 27 heavy (non-hydrogen) atoms. The van der Waals surface area contributed by atoms with E-state index in [-0.39, 0.29) is 0 Å². The van der Waals surface area contributed by atoms with Gasteiger partial charge in [0.25, 0.3) is 0 Å². The topological polar surface area (TPSA) is 30.7 Å². The summed E-state index contributed by atoms with van der Waals surface area (Å²) in [6, 6.07) is 25.6. The number of benzene rings is 3. The third kappa shape index (κ3) is 4.19. The lowest BCUT2D eigenvalue weighted by Gasteiger charge is -2.11. The summed E-state index contributed by atoms with van der Waals surface area (Å²) in [7, 11) is 0. The molecule has 4 rings (SSSR count). The first-order chi connectivity index (χ1) is 13.2. The first kappa shape index (κ1) is 18.1. The zero-order valence-electron chi connectivity index (χ0n) is 14.2. The molecule has 0 radical (unpaired) electrons. The van der Waals surface area contributed by atoms with E-state index in [1.165, 1.54) is 5.56 Å². The second kappa shape index (κ2) is 8.17. The van der Waals surface area contributed by atoms with Crippen LogP contribution in [0.2, 0.25) is 10.0 Å². The Morgan fingerprint density at radius 3 is 2.04 bits per heavy atom. The van der Waals surface area contributed by atoms with Gasteiger partial charge < -0.3 is 0 Å². The molecule has 3 nitrogen and oxygen atoms in total. The minimum atomic E-state index is 0.690. The number of nitrogens with zero attached hydrogens (tertiary/aromatic N) is 3. The van der Waals surface area contributed by atoms with Crippen molar-refractivity contribution in [1.29, 1.82) is 0 Å². The summed E-state index contributed by atoms with van der Waals surface area (Å²) in [6.45, 7) is 0. The quantitative estimate of drug-likeness (QED) is 0.349. The number of halogens is 2. The van der Waals surface area contributed by atoms with Crippen molar-refractivity contribution in [1.82, 2.24) is 14.8 Å². The van der Waals surface area contributed by atoms with Gasteiger partial charge in [0.15, 0.2) is 11.0 Å². The van der Waals surface area contributed by atoms with Crippen molar-refractivity contribution >= 4 is 35.0 Å². The Balaban J connectivity index is 1.74. The van der Waals surface area contributed by atoms with E-state index in [0.717, 1.165) is 28.0 Å². The maximum absolute atomic E-state index is 6.07. The molecule has 0 aliphatic heterocycles. The molecule has 0 saturated carbocycles. The van der Waals surface area contributed by atoms with Crippen LogP contribution in [0.3, 0.4) is 0 Å². The molecule has 1 heterocycles. The van der Waals surface area contributed by atoms with Gasteiger partial charge in [-0.1, -0.05) is 65.3 Å². The molecule has 0 N–H and O–H groups in total. The fourth-order valence-corrected chi connectivity index (χ4v) is 3.85. The van der Waals surface area contributed by atoms with Crippen LogP contribution in [0.1, 0.15) is 5.56 Å². The van der Waals surface area contributed by atoms with Crippen LogP contribution >= 0.6 is 35.0 Å². The number of thioether (sulfide) groups is 1. The standard InChI is InChI=1S/C21H15Cl2N3S/c22-17-8-6-16(7-9-17)20-24-25-21(27-14-15-4-2-1-3-5-15)26(20)19-12-10-18(23)11-13-19/h1-13H,14H2. The minimum Gasteiger partial charge on any atom is -0.270 e. The lowest BCUT2D eigenvalue weighted by Crippen LogP contribution is -1.99. The predicted octanol–water partition coefficient (Wildman–Crippen LogP) is 6.53. The van der Waals surface area contributed by atoms with Gasteiger partial charge in [0, 0.05) is 27.0 Å². The average Bonchev–Trinajstić information content (AvgIpc) is 3.12. The van der Waals surface area contributed by atoms with Gasteiger partial charge in [-0.05, 0) is 54.1 Å². The van der Waals surface area contributed by atoms with E-state index in [0.29, 0.717) is 10.0 Å². The lowest BCUT2D eigenvalue weighted by atomic mass is 10.2. The van der Waals surface area contributed by atoms with Crippen LogP contribution in [-0.4, -0.2) is 14.8 Å². The van der Waals surface area contributed by atoms with Crippen molar-refractivity contribution in [3.8, 4) is 17.1 Å². The van der Waals surface area contributed by atoms with Crippen molar-refractivity contribution < 1.29 is 0 Å². The Labute approximate surface area is 172 Å². The normalized spacial score (nSPS) is 10.9. The van der Waals surface area contributed by atoms with Crippen molar-refractivity contribution in [3.63, 3.8) is 0 Å². The van der Waals surface area contributed by atoms with E-state index < -0.39 is 0 Å². The molecular formula is C21H15Cl2N3S. The Hall–Kier alpha value is -2.27. The Morgan fingerprint density at radius 1 is 0.741 bits per heavy atom. The van der Waals surface area contributed by atoms with Crippen LogP contribution < -0.4 is 0 Å². The van der Waals surface area contributed by atoms with Gasteiger partial charge in [0.05, 0.1) is 0 Å². The van der Waals surface area contributed by atoms with Gasteiger partial charge in [0.2, 0.25) is 0 Å². The van der Waals surface area contributed by atoms with Gasteiger partial charge in [-0.2, -0.15) is 0 Å². The first-order valence-electron chi connectivity index (χ1n) is 8.35. The number of aromatic nitrogens is 3.